The summed E-state index contributed by atoms with van der Waals surface area (Å²) >= 11 is 0. The third-order valence-electron chi connectivity index (χ3n) is 2.97. The Balaban J connectivity index is 2.42. The van der Waals surface area contributed by atoms with Crippen LogP contribution in [0.25, 0.3) is 0 Å². The largest absolute Gasteiger partial charge is 0.381 e. The molecule has 0 aromatic carbocycles. The zero-order chi connectivity index (χ0) is 10.6. The standard InChI is InChI=1S/C11H24N2O/c1-9(2)7-13(3)11(6-12)10-4-5-14-8-10/h9-11H,4-8,12H2,1-3H3. The summed E-state index contributed by atoms with van der Waals surface area (Å²) in [7, 11) is 2.18. The first kappa shape index (κ1) is 12.0. The Bertz CT molecular complexity index is 155. The van der Waals surface area contributed by atoms with E-state index < -0.39 is 0 Å². The maximum atomic E-state index is 5.83. The molecule has 1 aliphatic rings. The summed E-state index contributed by atoms with van der Waals surface area (Å²) in [6, 6.07) is 0.500. The van der Waals surface area contributed by atoms with Gasteiger partial charge in [-0.05, 0) is 19.4 Å². The average molecular weight is 200 g/mol. The quantitative estimate of drug-likeness (QED) is 0.718. The predicted molar refractivity (Wildman–Crippen MR) is 59.2 cm³/mol. The molecule has 0 saturated carbocycles. The van der Waals surface area contributed by atoms with Gasteiger partial charge in [-0.2, -0.15) is 0 Å². The van der Waals surface area contributed by atoms with Gasteiger partial charge in [0.05, 0.1) is 6.61 Å². The molecule has 1 rings (SSSR count). The zero-order valence-electron chi connectivity index (χ0n) is 9.70. The van der Waals surface area contributed by atoms with E-state index >= 15 is 0 Å². The van der Waals surface area contributed by atoms with Crippen molar-refractivity contribution in [3.8, 4) is 0 Å². The number of nitrogens with two attached hydrogens (primary N) is 1. The Morgan fingerprint density at radius 3 is 2.64 bits per heavy atom. The Labute approximate surface area is 87.6 Å². The Hall–Kier alpha value is -0.120. The molecule has 0 amide bonds. The van der Waals surface area contributed by atoms with E-state index in [0.29, 0.717) is 17.9 Å². The monoisotopic (exact) mass is 200 g/mol. The van der Waals surface area contributed by atoms with Gasteiger partial charge in [0.15, 0.2) is 0 Å². The normalized spacial score (nSPS) is 24.9. The van der Waals surface area contributed by atoms with Crippen LogP contribution in [0.3, 0.4) is 0 Å². The molecule has 2 unspecified atom stereocenters. The first-order valence-electron chi connectivity index (χ1n) is 5.63. The highest BCUT2D eigenvalue weighted by molar-refractivity contribution is 4.81. The molecular formula is C11H24N2O. The molecule has 14 heavy (non-hydrogen) atoms. The van der Waals surface area contributed by atoms with E-state index in [1.807, 2.05) is 0 Å². The van der Waals surface area contributed by atoms with Crippen molar-refractivity contribution in [2.75, 3.05) is 33.4 Å². The number of hydrogen-bond acceptors (Lipinski definition) is 3. The highest BCUT2D eigenvalue weighted by atomic mass is 16.5. The van der Waals surface area contributed by atoms with Crippen molar-refractivity contribution in [3.05, 3.63) is 0 Å². The summed E-state index contributed by atoms with van der Waals surface area (Å²) in [5.74, 6) is 1.35. The third-order valence-corrected chi connectivity index (χ3v) is 2.97. The Morgan fingerprint density at radius 1 is 1.50 bits per heavy atom. The second-order valence-electron chi connectivity index (χ2n) is 4.76. The van der Waals surface area contributed by atoms with E-state index in [4.69, 9.17) is 10.5 Å². The molecule has 0 aliphatic carbocycles. The minimum atomic E-state index is 0.500. The summed E-state index contributed by atoms with van der Waals surface area (Å²) in [5, 5.41) is 0. The Kier molecular flexibility index (Phi) is 4.85. The molecule has 0 aromatic rings. The first-order chi connectivity index (χ1) is 6.65. The molecule has 2 N–H and O–H groups in total. The molecule has 1 saturated heterocycles. The summed E-state index contributed by atoms with van der Waals surface area (Å²) in [4.78, 5) is 2.39. The lowest BCUT2D eigenvalue weighted by atomic mass is 9.97. The van der Waals surface area contributed by atoms with Crippen molar-refractivity contribution >= 4 is 0 Å². The van der Waals surface area contributed by atoms with Crippen molar-refractivity contribution in [3.63, 3.8) is 0 Å². The molecule has 2 atom stereocenters. The number of rotatable bonds is 5. The Morgan fingerprint density at radius 2 is 2.21 bits per heavy atom. The lowest BCUT2D eigenvalue weighted by molar-refractivity contribution is 0.132. The minimum absolute atomic E-state index is 0.500. The van der Waals surface area contributed by atoms with Crippen molar-refractivity contribution in [1.29, 1.82) is 0 Å². The fraction of sp³-hybridized carbons (Fsp3) is 1.00. The van der Waals surface area contributed by atoms with Crippen LogP contribution in [0.4, 0.5) is 0 Å². The molecule has 0 aromatic heterocycles. The average Bonchev–Trinajstić information content (AvgIpc) is 2.57. The summed E-state index contributed by atoms with van der Waals surface area (Å²) < 4.78 is 5.41. The van der Waals surface area contributed by atoms with Gasteiger partial charge in [0.1, 0.15) is 0 Å². The van der Waals surface area contributed by atoms with Gasteiger partial charge in [-0.3, -0.25) is 0 Å². The predicted octanol–water partition coefficient (Wildman–Crippen LogP) is 0.938. The van der Waals surface area contributed by atoms with Crippen LogP contribution in [0, 0.1) is 11.8 Å². The molecule has 84 valence electrons. The topological polar surface area (TPSA) is 38.5 Å². The van der Waals surface area contributed by atoms with Crippen molar-refractivity contribution in [2.24, 2.45) is 17.6 Å². The smallest absolute Gasteiger partial charge is 0.0510 e. The van der Waals surface area contributed by atoms with Crippen molar-refractivity contribution in [1.82, 2.24) is 4.90 Å². The number of hydrogen-bond donors (Lipinski definition) is 1. The highest BCUT2D eigenvalue weighted by Crippen LogP contribution is 2.20. The van der Waals surface area contributed by atoms with E-state index in [2.05, 4.69) is 25.8 Å². The van der Waals surface area contributed by atoms with Gasteiger partial charge in [-0.25, -0.2) is 0 Å². The van der Waals surface area contributed by atoms with Gasteiger partial charge in [0.2, 0.25) is 0 Å². The van der Waals surface area contributed by atoms with E-state index in [9.17, 15) is 0 Å². The SMILES string of the molecule is CC(C)CN(C)C(CN)C1CCOC1. The van der Waals surface area contributed by atoms with Crippen LogP contribution < -0.4 is 5.73 Å². The van der Waals surface area contributed by atoms with Crippen LogP contribution in [0.5, 0.6) is 0 Å². The van der Waals surface area contributed by atoms with Crippen LogP contribution in [-0.2, 0) is 4.74 Å². The molecule has 0 bridgehead atoms. The highest BCUT2D eigenvalue weighted by Gasteiger charge is 2.27. The minimum Gasteiger partial charge on any atom is -0.381 e. The van der Waals surface area contributed by atoms with Crippen molar-refractivity contribution < 1.29 is 4.74 Å². The third kappa shape index (κ3) is 3.23. The van der Waals surface area contributed by atoms with Crippen LogP contribution in [0.1, 0.15) is 20.3 Å². The second-order valence-corrected chi connectivity index (χ2v) is 4.76. The van der Waals surface area contributed by atoms with Crippen LogP contribution in [0.15, 0.2) is 0 Å². The molecule has 0 spiro atoms. The molecule has 0 radical (unpaired) electrons. The number of nitrogens with zero attached hydrogens (tertiary/aromatic N) is 1. The fourth-order valence-electron chi connectivity index (χ4n) is 2.30. The zero-order valence-corrected chi connectivity index (χ0v) is 9.70. The van der Waals surface area contributed by atoms with E-state index in [1.54, 1.807) is 0 Å². The number of likely N-dealkylation sites (N-methyl/N-ethyl adjacent to an activating group) is 1. The number of ether oxygens (including phenoxy) is 1. The molecule has 1 fully saturated rings. The lowest BCUT2D eigenvalue weighted by Crippen LogP contribution is -2.45. The second kappa shape index (κ2) is 5.69. The van der Waals surface area contributed by atoms with Gasteiger partial charge >= 0.3 is 0 Å². The van der Waals surface area contributed by atoms with E-state index in [-0.39, 0.29) is 0 Å². The van der Waals surface area contributed by atoms with Gasteiger partial charge in [-0.15, -0.1) is 0 Å². The maximum Gasteiger partial charge on any atom is 0.0510 e. The fourth-order valence-corrected chi connectivity index (χ4v) is 2.30. The maximum absolute atomic E-state index is 5.83. The molecule has 3 heteroatoms. The van der Waals surface area contributed by atoms with E-state index in [0.717, 1.165) is 26.3 Å². The van der Waals surface area contributed by atoms with Gasteiger partial charge in [0, 0.05) is 31.7 Å². The van der Waals surface area contributed by atoms with Crippen LogP contribution >= 0.6 is 0 Å². The van der Waals surface area contributed by atoms with Crippen molar-refractivity contribution in [2.45, 2.75) is 26.3 Å². The van der Waals surface area contributed by atoms with E-state index in [1.165, 1.54) is 6.42 Å². The summed E-state index contributed by atoms with van der Waals surface area (Å²) in [6.07, 6.45) is 1.17. The summed E-state index contributed by atoms with van der Waals surface area (Å²) in [5.41, 5.74) is 5.83. The first-order valence-corrected chi connectivity index (χ1v) is 5.63. The lowest BCUT2D eigenvalue weighted by Gasteiger charge is -2.32. The summed E-state index contributed by atoms with van der Waals surface area (Å²) in [6.45, 7) is 8.17. The van der Waals surface area contributed by atoms with Crippen LogP contribution in [-0.4, -0.2) is 44.3 Å². The van der Waals surface area contributed by atoms with Gasteiger partial charge < -0.3 is 15.4 Å². The molecular weight excluding hydrogens is 176 g/mol. The molecule has 1 aliphatic heterocycles. The van der Waals surface area contributed by atoms with Gasteiger partial charge in [0.25, 0.3) is 0 Å². The molecule has 3 nitrogen and oxygen atoms in total. The van der Waals surface area contributed by atoms with Crippen LogP contribution in [0.2, 0.25) is 0 Å². The molecule has 1 heterocycles. The van der Waals surface area contributed by atoms with Gasteiger partial charge in [-0.1, -0.05) is 13.8 Å².